The molecule has 0 saturated carbocycles. The Hall–Kier alpha value is -3.19. The summed E-state index contributed by atoms with van der Waals surface area (Å²) in [6.45, 7) is 3.60. The van der Waals surface area contributed by atoms with E-state index in [4.69, 9.17) is 14.2 Å². The number of hydrogen-bond acceptors (Lipinski definition) is 9. The minimum Gasteiger partial charge on any atom is -0.463 e. The van der Waals surface area contributed by atoms with E-state index in [1.807, 2.05) is 6.07 Å². The fourth-order valence-electron chi connectivity index (χ4n) is 2.01. The molecule has 0 bridgehead atoms. The predicted octanol–water partition coefficient (Wildman–Crippen LogP) is 0.481. The van der Waals surface area contributed by atoms with E-state index in [0.29, 0.717) is 11.5 Å². The number of esters is 2. The van der Waals surface area contributed by atoms with Crippen LogP contribution < -0.4 is 5.32 Å². The topological polar surface area (TPSA) is 128 Å². The molecule has 25 heavy (non-hydrogen) atoms. The smallest absolute Gasteiger partial charge is 0.351 e. The van der Waals surface area contributed by atoms with Gasteiger partial charge in [0.15, 0.2) is 11.4 Å². The molecule has 10 nitrogen and oxygen atoms in total. The highest BCUT2D eigenvalue weighted by atomic mass is 16.6. The molecule has 1 aromatic heterocycles. The largest absolute Gasteiger partial charge is 0.463 e. The van der Waals surface area contributed by atoms with Crippen LogP contribution in [0.1, 0.15) is 19.5 Å². The zero-order chi connectivity index (χ0) is 18.2. The lowest BCUT2D eigenvalue weighted by atomic mass is 10.1. The molecule has 2 rings (SSSR count). The van der Waals surface area contributed by atoms with Gasteiger partial charge in [-0.3, -0.25) is 9.36 Å². The van der Waals surface area contributed by atoms with Crippen molar-refractivity contribution in [3.63, 3.8) is 0 Å². The van der Waals surface area contributed by atoms with Crippen molar-refractivity contribution >= 4 is 29.8 Å². The van der Waals surface area contributed by atoms with Gasteiger partial charge in [-0.25, -0.2) is 14.8 Å². The Morgan fingerprint density at radius 2 is 2.16 bits per heavy atom. The number of aromatic nitrogens is 2. The highest BCUT2D eigenvalue weighted by molar-refractivity contribution is 6.04. The average Bonchev–Trinajstić information content (AvgIpc) is 2.99. The summed E-state index contributed by atoms with van der Waals surface area (Å²) in [6.07, 6.45) is 2.83. The summed E-state index contributed by atoms with van der Waals surface area (Å²) in [4.78, 5) is 30.9. The molecule has 132 valence electrons. The molecule has 10 heteroatoms. The number of hydrogen-bond donors (Lipinski definition) is 1. The first-order valence-electron chi connectivity index (χ1n) is 7.45. The molecule has 0 amide bonds. The first-order valence-corrected chi connectivity index (χ1v) is 7.45. The van der Waals surface area contributed by atoms with Gasteiger partial charge in [0.05, 0.1) is 31.6 Å². The molecule has 2 heterocycles. The van der Waals surface area contributed by atoms with E-state index in [0.717, 1.165) is 0 Å². The number of fused-ring (bicyclic) bond motifs is 1. The molecular weight excluding hydrogens is 330 g/mol. The van der Waals surface area contributed by atoms with Crippen LogP contribution in [0.4, 0.5) is 5.82 Å². The molecule has 1 aliphatic rings. The summed E-state index contributed by atoms with van der Waals surface area (Å²) in [5.74, 6) is -0.684. The van der Waals surface area contributed by atoms with Crippen LogP contribution in [0.25, 0.3) is 5.70 Å². The lowest BCUT2D eigenvalue weighted by Gasteiger charge is -2.14. The second-order valence-electron chi connectivity index (χ2n) is 4.75. The Labute approximate surface area is 143 Å². The van der Waals surface area contributed by atoms with Crippen molar-refractivity contribution in [2.75, 3.05) is 19.8 Å². The third-order valence-electron chi connectivity index (χ3n) is 3.05. The number of carbonyl (C=O) groups excluding carboxylic acids is 2. The predicted molar refractivity (Wildman–Crippen MR) is 85.3 cm³/mol. The van der Waals surface area contributed by atoms with E-state index in [-0.39, 0.29) is 43.8 Å². The zero-order valence-corrected chi connectivity index (χ0v) is 13.8. The first kappa shape index (κ1) is 18.2. The Balaban J connectivity index is 2.14. The Kier molecular flexibility index (Phi) is 6.25. The SMILES string of the molecule is CCOC(=O)/C(C#N)=C1\NC=Nc2c1ncn2COCCOC(C)=O. The summed E-state index contributed by atoms with van der Waals surface area (Å²) >= 11 is 0. The first-order chi connectivity index (χ1) is 12.1. The molecule has 0 spiro atoms. The standard InChI is InChI=1S/C15H17N5O5/c1-3-24-15(22)11(6-16)12-13-14(18-7-17-12)20(8-19-13)9-23-4-5-25-10(2)21/h7-8H,3-5,9H2,1-2H3,(H,17,18)/b12-11-. The molecule has 0 aliphatic carbocycles. The van der Waals surface area contributed by atoms with E-state index < -0.39 is 5.97 Å². The summed E-state index contributed by atoms with van der Waals surface area (Å²) in [7, 11) is 0. The van der Waals surface area contributed by atoms with Gasteiger partial charge >= 0.3 is 11.9 Å². The molecule has 0 saturated heterocycles. The van der Waals surface area contributed by atoms with Crippen molar-refractivity contribution in [1.29, 1.82) is 5.26 Å². The summed E-state index contributed by atoms with van der Waals surface area (Å²) in [6, 6.07) is 1.83. The number of rotatable bonds is 7. The summed E-state index contributed by atoms with van der Waals surface area (Å²) in [5.41, 5.74) is 0.385. The van der Waals surface area contributed by atoms with E-state index in [9.17, 15) is 14.9 Å². The van der Waals surface area contributed by atoms with Gasteiger partial charge < -0.3 is 19.5 Å². The van der Waals surface area contributed by atoms with E-state index in [1.165, 1.54) is 19.6 Å². The van der Waals surface area contributed by atoms with Crippen molar-refractivity contribution in [2.24, 2.45) is 4.99 Å². The molecule has 1 aromatic rings. The average molecular weight is 347 g/mol. The van der Waals surface area contributed by atoms with Crippen molar-refractivity contribution in [3.05, 3.63) is 17.6 Å². The van der Waals surface area contributed by atoms with Gasteiger partial charge in [-0.15, -0.1) is 0 Å². The van der Waals surface area contributed by atoms with Crippen molar-refractivity contribution in [1.82, 2.24) is 14.9 Å². The monoisotopic (exact) mass is 347 g/mol. The van der Waals surface area contributed by atoms with E-state index in [1.54, 1.807) is 11.5 Å². The number of nitrogens with zero attached hydrogens (tertiary/aromatic N) is 4. The second-order valence-corrected chi connectivity index (χ2v) is 4.75. The van der Waals surface area contributed by atoms with Gasteiger partial charge in [0.1, 0.15) is 25.1 Å². The second kappa shape index (κ2) is 8.60. The maximum Gasteiger partial charge on any atom is 0.351 e. The van der Waals surface area contributed by atoms with Crippen molar-refractivity contribution in [3.8, 4) is 6.07 Å². The number of carbonyl (C=O) groups is 2. The van der Waals surface area contributed by atoms with Crippen LogP contribution in [0.15, 0.2) is 16.9 Å². The molecule has 1 N–H and O–H groups in total. The number of nitriles is 1. The van der Waals surface area contributed by atoms with Crippen LogP contribution in [0.2, 0.25) is 0 Å². The zero-order valence-electron chi connectivity index (χ0n) is 13.8. The fraction of sp³-hybridized carbons (Fsp3) is 0.400. The Bertz CT molecular complexity index is 759. The molecule has 0 atom stereocenters. The lowest BCUT2D eigenvalue weighted by molar-refractivity contribution is -0.143. The van der Waals surface area contributed by atoms with Gasteiger partial charge in [0.2, 0.25) is 0 Å². The third-order valence-corrected chi connectivity index (χ3v) is 3.05. The molecular formula is C15H17N5O5. The van der Waals surface area contributed by atoms with Gasteiger partial charge in [-0.2, -0.15) is 5.26 Å². The number of ether oxygens (including phenoxy) is 3. The summed E-state index contributed by atoms with van der Waals surface area (Å²) < 4.78 is 16.6. The number of aliphatic imine (C=N–C) groups is 1. The van der Waals surface area contributed by atoms with Crippen LogP contribution in [0.3, 0.4) is 0 Å². The quantitative estimate of drug-likeness (QED) is 0.326. The maximum atomic E-state index is 11.9. The molecule has 1 aliphatic heterocycles. The molecule has 0 fully saturated rings. The van der Waals surface area contributed by atoms with Crippen LogP contribution >= 0.6 is 0 Å². The minimum absolute atomic E-state index is 0.121. The lowest BCUT2D eigenvalue weighted by Crippen LogP contribution is -2.20. The number of nitrogens with one attached hydrogen (secondary N) is 1. The van der Waals surface area contributed by atoms with Gasteiger partial charge in [0, 0.05) is 6.92 Å². The van der Waals surface area contributed by atoms with Gasteiger partial charge in [0.25, 0.3) is 0 Å². The van der Waals surface area contributed by atoms with E-state index >= 15 is 0 Å². The molecule has 0 radical (unpaired) electrons. The molecule has 0 aromatic carbocycles. The van der Waals surface area contributed by atoms with Crippen LogP contribution in [0, 0.1) is 11.3 Å². The van der Waals surface area contributed by atoms with E-state index in [2.05, 4.69) is 15.3 Å². The summed E-state index contributed by atoms with van der Waals surface area (Å²) in [5, 5.41) is 12.0. The van der Waals surface area contributed by atoms with Gasteiger partial charge in [-0.1, -0.05) is 0 Å². The Morgan fingerprint density at radius 1 is 1.36 bits per heavy atom. The highest BCUT2D eigenvalue weighted by Gasteiger charge is 2.25. The van der Waals surface area contributed by atoms with Crippen molar-refractivity contribution in [2.45, 2.75) is 20.6 Å². The van der Waals surface area contributed by atoms with Crippen LogP contribution in [-0.4, -0.2) is 47.6 Å². The maximum absolute atomic E-state index is 11.9. The van der Waals surface area contributed by atoms with Crippen LogP contribution in [0.5, 0.6) is 0 Å². The number of imidazole rings is 1. The third kappa shape index (κ3) is 4.42. The Morgan fingerprint density at radius 3 is 2.84 bits per heavy atom. The molecule has 0 unspecified atom stereocenters. The van der Waals surface area contributed by atoms with Gasteiger partial charge in [-0.05, 0) is 6.92 Å². The minimum atomic E-state index is -0.735. The van der Waals surface area contributed by atoms with Crippen LogP contribution in [-0.2, 0) is 30.5 Å². The normalized spacial score (nSPS) is 14.1. The van der Waals surface area contributed by atoms with Crippen molar-refractivity contribution < 1.29 is 23.8 Å². The highest BCUT2D eigenvalue weighted by Crippen LogP contribution is 2.28. The fourth-order valence-corrected chi connectivity index (χ4v) is 2.01.